The number of alkyl halides is 2. The maximum atomic E-state index is 13.9. The molecule has 1 aromatic heterocycles. The van der Waals surface area contributed by atoms with Gasteiger partial charge in [0.15, 0.2) is 16.8 Å². The molecular weight excluding hydrogens is 434 g/mol. The highest BCUT2D eigenvalue weighted by Crippen LogP contribution is 2.39. The molecule has 0 saturated carbocycles. The number of halogens is 3. The zero-order valence-electron chi connectivity index (χ0n) is 16.8. The monoisotopic (exact) mass is 458 g/mol. The molecule has 0 amide bonds. The minimum Gasteiger partial charge on any atom is -0.393 e. The Morgan fingerprint density at radius 3 is 2.73 bits per heavy atom. The van der Waals surface area contributed by atoms with E-state index >= 15 is 0 Å². The summed E-state index contributed by atoms with van der Waals surface area (Å²) in [5, 5.41) is 15.0. The Morgan fingerprint density at radius 1 is 1.40 bits per heavy atom. The number of nitrogens with two attached hydrogens (primary N) is 1. The van der Waals surface area contributed by atoms with Crippen molar-refractivity contribution in [2.24, 2.45) is 5.84 Å². The SMILES string of the molecule is CNc1c(N(N)Cc2ccccc2Cl)nc(SCC(C)O)nc1N1CCC(F)(F)C1. The maximum absolute atomic E-state index is 13.9. The van der Waals surface area contributed by atoms with E-state index in [4.69, 9.17) is 17.4 Å². The molecule has 4 N–H and O–H groups in total. The summed E-state index contributed by atoms with van der Waals surface area (Å²) < 4.78 is 27.7. The van der Waals surface area contributed by atoms with Gasteiger partial charge in [-0.3, -0.25) is 5.01 Å². The molecule has 1 unspecified atom stereocenters. The van der Waals surface area contributed by atoms with E-state index in [9.17, 15) is 13.9 Å². The zero-order valence-corrected chi connectivity index (χ0v) is 18.4. The molecule has 11 heteroatoms. The molecule has 0 aliphatic carbocycles. The van der Waals surface area contributed by atoms with Crippen LogP contribution in [0, 0.1) is 0 Å². The van der Waals surface area contributed by atoms with E-state index in [1.54, 1.807) is 20.0 Å². The molecule has 1 fully saturated rings. The molecule has 1 atom stereocenters. The van der Waals surface area contributed by atoms with Gasteiger partial charge in [0.25, 0.3) is 5.92 Å². The number of aromatic nitrogens is 2. The molecule has 0 radical (unpaired) electrons. The van der Waals surface area contributed by atoms with Gasteiger partial charge >= 0.3 is 0 Å². The van der Waals surface area contributed by atoms with Crippen LogP contribution in [0.15, 0.2) is 29.4 Å². The molecule has 1 aliphatic rings. The Kier molecular flexibility index (Phi) is 7.22. The Bertz CT molecular complexity index is 888. The minimum atomic E-state index is -2.77. The van der Waals surface area contributed by atoms with E-state index in [0.717, 1.165) is 5.56 Å². The van der Waals surface area contributed by atoms with Gasteiger partial charge in [0, 0.05) is 30.8 Å². The number of nitrogens with zero attached hydrogens (tertiary/aromatic N) is 4. The average Bonchev–Trinajstić information content (AvgIpc) is 3.06. The van der Waals surface area contributed by atoms with Crippen molar-refractivity contribution < 1.29 is 13.9 Å². The van der Waals surface area contributed by atoms with Crippen LogP contribution < -0.4 is 21.1 Å². The van der Waals surface area contributed by atoms with E-state index in [2.05, 4.69) is 15.3 Å². The van der Waals surface area contributed by atoms with Gasteiger partial charge in [0.1, 0.15) is 5.69 Å². The highest BCUT2D eigenvalue weighted by Gasteiger charge is 2.40. The lowest BCUT2D eigenvalue weighted by atomic mass is 10.2. The fraction of sp³-hybridized carbons (Fsp3) is 0.474. The third-order valence-electron chi connectivity index (χ3n) is 4.59. The third kappa shape index (κ3) is 5.42. The third-order valence-corrected chi connectivity index (χ3v) is 6.05. The molecule has 30 heavy (non-hydrogen) atoms. The Hall–Kier alpha value is -1.88. The molecule has 0 spiro atoms. The Balaban J connectivity index is 1.99. The van der Waals surface area contributed by atoms with Gasteiger partial charge in [-0.05, 0) is 18.6 Å². The molecule has 1 saturated heterocycles. The van der Waals surface area contributed by atoms with E-state index in [-0.39, 0.29) is 19.5 Å². The maximum Gasteiger partial charge on any atom is 0.266 e. The van der Waals surface area contributed by atoms with Crippen molar-refractivity contribution in [3.8, 4) is 0 Å². The second kappa shape index (κ2) is 9.51. The average molecular weight is 459 g/mol. The summed E-state index contributed by atoms with van der Waals surface area (Å²) in [6, 6.07) is 7.31. The number of benzene rings is 1. The largest absolute Gasteiger partial charge is 0.393 e. The number of aliphatic hydroxyl groups excluding tert-OH is 1. The predicted octanol–water partition coefficient (Wildman–Crippen LogP) is 3.37. The van der Waals surface area contributed by atoms with Crippen LogP contribution in [0.4, 0.5) is 26.1 Å². The summed E-state index contributed by atoms with van der Waals surface area (Å²) >= 11 is 7.50. The van der Waals surface area contributed by atoms with Gasteiger partial charge < -0.3 is 15.3 Å². The fourth-order valence-corrected chi connectivity index (χ4v) is 4.03. The summed E-state index contributed by atoms with van der Waals surface area (Å²) in [7, 11) is 1.67. The quantitative estimate of drug-likeness (QED) is 0.240. The molecule has 0 bridgehead atoms. The number of hydrogen-bond acceptors (Lipinski definition) is 8. The highest BCUT2D eigenvalue weighted by atomic mass is 35.5. The van der Waals surface area contributed by atoms with Crippen LogP contribution >= 0.6 is 23.4 Å². The number of hydrazine groups is 1. The van der Waals surface area contributed by atoms with Crippen molar-refractivity contribution in [1.29, 1.82) is 0 Å². The number of aliphatic hydroxyl groups is 1. The van der Waals surface area contributed by atoms with E-state index in [1.807, 2.05) is 18.2 Å². The van der Waals surface area contributed by atoms with Crippen molar-refractivity contribution in [3.63, 3.8) is 0 Å². The van der Waals surface area contributed by atoms with Crippen molar-refractivity contribution in [1.82, 2.24) is 9.97 Å². The van der Waals surface area contributed by atoms with E-state index < -0.39 is 18.6 Å². The molecule has 2 heterocycles. The first-order valence-electron chi connectivity index (χ1n) is 9.49. The minimum absolute atomic E-state index is 0.174. The van der Waals surface area contributed by atoms with Crippen LogP contribution in [0.2, 0.25) is 5.02 Å². The fourth-order valence-electron chi connectivity index (χ4n) is 3.14. The second-order valence-corrected chi connectivity index (χ2v) is 8.58. The lowest BCUT2D eigenvalue weighted by Gasteiger charge is -2.26. The molecule has 164 valence electrons. The summed E-state index contributed by atoms with van der Waals surface area (Å²) in [5.74, 6) is 4.66. The van der Waals surface area contributed by atoms with Crippen molar-refractivity contribution in [2.75, 3.05) is 41.1 Å². The highest BCUT2D eigenvalue weighted by molar-refractivity contribution is 7.99. The topological polar surface area (TPSA) is 90.5 Å². The van der Waals surface area contributed by atoms with Gasteiger partial charge in [-0.25, -0.2) is 24.6 Å². The van der Waals surface area contributed by atoms with Crippen LogP contribution in [-0.4, -0.2) is 53.0 Å². The van der Waals surface area contributed by atoms with E-state index in [1.165, 1.54) is 21.7 Å². The predicted molar refractivity (Wildman–Crippen MR) is 118 cm³/mol. The lowest BCUT2D eigenvalue weighted by Crippen LogP contribution is -2.33. The van der Waals surface area contributed by atoms with Crippen LogP contribution in [-0.2, 0) is 6.54 Å². The van der Waals surface area contributed by atoms with Crippen molar-refractivity contribution in [2.45, 2.75) is 37.1 Å². The molecule has 3 rings (SSSR count). The normalized spacial score (nSPS) is 16.6. The summed E-state index contributed by atoms with van der Waals surface area (Å²) in [6.07, 6.45) is -0.805. The second-order valence-electron chi connectivity index (χ2n) is 7.19. The summed E-state index contributed by atoms with van der Waals surface area (Å²) in [6.45, 7) is 1.67. The summed E-state index contributed by atoms with van der Waals surface area (Å²) in [5.41, 5.74) is 1.26. The van der Waals surface area contributed by atoms with Gasteiger partial charge in [-0.15, -0.1) is 0 Å². The molecule has 1 aliphatic heterocycles. The first kappa shape index (κ1) is 22.8. The first-order valence-corrected chi connectivity index (χ1v) is 10.9. The van der Waals surface area contributed by atoms with Gasteiger partial charge in [-0.1, -0.05) is 41.6 Å². The molecule has 7 nitrogen and oxygen atoms in total. The molecular formula is C19H25ClF2N6OS. The van der Waals surface area contributed by atoms with Crippen molar-refractivity contribution >= 4 is 40.7 Å². The van der Waals surface area contributed by atoms with Gasteiger partial charge in [0.05, 0.1) is 19.2 Å². The van der Waals surface area contributed by atoms with Crippen molar-refractivity contribution in [3.05, 3.63) is 34.9 Å². The van der Waals surface area contributed by atoms with Crippen LogP contribution in [0.3, 0.4) is 0 Å². The number of anilines is 3. The van der Waals surface area contributed by atoms with Gasteiger partial charge in [0.2, 0.25) is 0 Å². The number of hydrogen-bond donors (Lipinski definition) is 3. The Morgan fingerprint density at radius 2 is 2.13 bits per heavy atom. The zero-order chi connectivity index (χ0) is 21.9. The van der Waals surface area contributed by atoms with Crippen LogP contribution in [0.25, 0.3) is 0 Å². The standard InChI is InChI=1S/C19H25ClF2N6OS/c1-12(29)10-30-18-25-16(27-8-7-19(21,22)11-27)15(24-2)17(26-18)28(23)9-13-5-3-4-6-14(13)20/h3-6,12,24,29H,7-11,23H2,1-2H3. The number of rotatable bonds is 8. The lowest BCUT2D eigenvalue weighted by molar-refractivity contribution is 0.0256. The first-order chi connectivity index (χ1) is 14.2. The molecule has 2 aromatic rings. The van der Waals surface area contributed by atoms with Crippen LogP contribution in [0.1, 0.15) is 18.9 Å². The van der Waals surface area contributed by atoms with Crippen LogP contribution in [0.5, 0.6) is 0 Å². The summed E-state index contributed by atoms with van der Waals surface area (Å²) in [4.78, 5) is 10.6. The van der Waals surface area contributed by atoms with E-state index in [0.29, 0.717) is 33.3 Å². The number of nitrogens with one attached hydrogen (secondary N) is 1. The smallest absolute Gasteiger partial charge is 0.266 e. The number of thioether (sulfide) groups is 1. The molecule has 1 aromatic carbocycles. The Labute approximate surface area is 183 Å². The van der Waals surface area contributed by atoms with Gasteiger partial charge in [-0.2, -0.15) is 0 Å².